The summed E-state index contributed by atoms with van der Waals surface area (Å²) < 4.78 is 0. The number of anilines is 1. The smallest absolute Gasteiger partial charge is 0.146 e. The van der Waals surface area contributed by atoms with Crippen LogP contribution in [-0.4, -0.2) is 28.7 Å². The van der Waals surface area contributed by atoms with Crippen LogP contribution in [0.15, 0.2) is 12.1 Å². The third kappa shape index (κ3) is 1.62. The number of hydrogen-bond acceptors (Lipinski definition) is 4. The van der Waals surface area contributed by atoms with E-state index in [0.717, 1.165) is 12.2 Å². The van der Waals surface area contributed by atoms with Gasteiger partial charge in [0.25, 0.3) is 0 Å². The Morgan fingerprint density at radius 2 is 2.31 bits per heavy atom. The fourth-order valence-corrected chi connectivity index (χ4v) is 1.81. The lowest BCUT2D eigenvalue weighted by Crippen LogP contribution is -2.18. The van der Waals surface area contributed by atoms with Gasteiger partial charge in [-0.15, -0.1) is 5.10 Å². The van der Waals surface area contributed by atoms with Crippen molar-refractivity contribution >= 4 is 5.82 Å². The Balaban J connectivity index is 2.20. The van der Waals surface area contributed by atoms with Crippen LogP contribution in [0, 0.1) is 0 Å². The lowest BCUT2D eigenvalue weighted by molar-refractivity contribution is 0.310. The summed E-state index contributed by atoms with van der Waals surface area (Å²) in [6, 6.07) is 4.22. The summed E-state index contributed by atoms with van der Waals surface area (Å²) in [5, 5.41) is 7.95. The molecule has 0 spiro atoms. The van der Waals surface area contributed by atoms with E-state index in [9.17, 15) is 0 Å². The number of rotatable bonds is 1. The first kappa shape index (κ1) is 8.44. The monoisotopic (exact) mass is 178 g/mol. The minimum absolute atomic E-state index is 0.438. The topological polar surface area (TPSA) is 55.0 Å². The van der Waals surface area contributed by atoms with Crippen molar-refractivity contribution in [2.45, 2.75) is 18.9 Å². The number of hydrogen-bond donors (Lipinski definition) is 1. The van der Waals surface area contributed by atoms with Gasteiger partial charge in [-0.25, -0.2) is 0 Å². The SMILES string of the molecule is CN1CCCC1c1ccc(N)nn1. The van der Waals surface area contributed by atoms with Crippen LogP contribution in [0.1, 0.15) is 24.6 Å². The van der Waals surface area contributed by atoms with Gasteiger partial charge < -0.3 is 5.73 Å². The normalized spacial score (nSPS) is 23.6. The number of nitrogens with zero attached hydrogens (tertiary/aromatic N) is 3. The van der Waals surface area contributed by atoms with Crippen LogP contribution in [0.4, 0.5) is 5.82 Å². The van der Waals surface area contributed by atoms with Crippen molar-refractivity contribution in [3.8, 4) is 0 Å². The Kier molecular flexibility index (Phi) is 2.14. The molecule has 0 aliphatic carbocycles. The zero-order chi connectivity index (χ0) is 9.26. The molecular weight excluding hydrogens is 164 g/mol. The largest absolute Gasteiger partial charge is 0.382 e. The predicted molar refractivity (Wildman–Crippen MR) is 51.0 cm³/mol. The van der Waals surface area contributed by atoms with Crippen molar-refractivity contribution in [2.24, 2.45) is 0 Å². The van der Waals surface area contributed by atoms with Crippen LogP contribution in [0.2, 0.25) is 0 Å². The number of likely N-dealkylation sites (tertiary alicyclic amines) is 1. The highest BCUT2D eigenvalue weighted by molar-refractivity contribution is 5.26. The van der Waals surface area contributed by atoms with Gasteiger partial charge in [0.15, 0.2) is 0 Å². The van der Waals surface area contributed by atoms with E-state index in [1.807, 2.05) is 12.1 Å². The molecule has 2 heterocycles. The van der Waals surface area contributed by atoms with Crippen molar-refractivity contribution in [2.75, 3.05) is 19.3 Å². The lowest BCUT2D eigenvalue weighted by Gasteiger charge is -2.17. The molecule has 0 aromatic carbocycles. The van der Waals surface area contributed by atoms with Crippen molar-refractivity contribution in [3.63, 3.8) is 0 Å². The molecule has 1 aromatic heterocycles. The van der Waals surface area contributed by atoms with Crippen LogP contribution in [0.5, 0.6) is 0 Å². The van der Waals surface area contributed by atoms with Crippen molar-refractivity contribution in [1.82, 2.24) is 15.1 Å². The van der Waals surface area contributed by atoms with Gasteiger partial charge in [0.05, 0.1) is 11.7 Å². The van der Waals surface area contributed by atoms with Crippen LogP contribution in [0.25, 0.3) is 0 Å². The third-order valence-electron chi connectivity index (χ3n) is 2.57. The summed E-state index contributed by atoms with van der Waals surface area (Å²) in [5.41, 5.74) is 6.51. The third-order valence-corrected chi connectivity index (χ3v) is 2.57. The minimum atomic E-state index is 0.438. The molecule has 0 amide bonds. The van der Waals surface area contributed by atoms with Gasteiger partial charge in [0.2, 0.25) is 0 Å². The summed E-state index contributed by atoms with van der Waals surface area (Å²) in [7, 11) is 2.12. The van der Waals surface area contributed by atoms with Gasteiger partial charge in [0, 0.05) is 0 Å². The van der Waals surface area contributed by atoms with E-state index in [1.165, 1.54) is 12.8 Å². The molecule has 4 heteroatoms. The van der Waals surface area contributed by atoms with E-state index in [4.69, 9.17) is 5.73 Å². The Labute approximate surface area is 77.8 Å². The summed E-state index contributed by atoms with van der Waals surface area (Å²) >= 11 is 0. The average molecular weight is 178 g/mol. The standard InChI is InChI=1S/C9H14N4/c1-13-6-2-3-8(13)7-4-5-9(10)12-11-7/h4-5,8H,2-3,6H2,1H3,(H2,10,12). The van der Waals surface area contributed by atoms with E-state index >= 15 is 0 Å². The molecule has 1 fully saturated rings. The highest BCUT2D eigenvalue weighted by atomic mass is 15.2. The molecule has 70 valence electrons. The van der Waals surface area contributed by atoms with E-state index < -0.39 is 0 Å². The molecule has 1 aliphatic rings. The van der Waals surface area contributed by atoms with Crippen LogP contribution in [-0.2, 0) is 0 Å². The molecular formula is C9H14N4. The molecule has 0 radical (unpaired) electrons. The molecule has 2 rings (SSSR count). The Bertz CT molecular complexity index is 282. The molecule has 4 nitrogen and oxygen atoms in total. The maximum atomic E-state index is 5.47. The van der Waals surface area contributed by atoms with Gasteiger partial charge in [-0.1, -0.05) is 0 Å². The van der Waals surface area contributed by atoms with Gasteiger partial charge in [-0.3, -0.25) is 4.90 Å². The highest BCUT2D eigenvalue weighted by Gasteiger charge is 2.23. The second-order valence-electron chi connectivity index (χ2n) is 3.52. The molecule has 0 saturated carbocycles. The summed E-state index contributed by atoms with van der Waals surface area (Å²) in [5.74, 6) is 0.490. The van der Waals surface area contributed by atoms with Gasteiger partial charge in [0.1, 0.15) is 5.82 Å². The molecule has 1 unspecified atom stereocenters. The Morgan fingerprint density at radius 3 is 2.85 bits per heavy atom. The van der Waals surface area contributed by atoms with E-state index in [1.54, 1.807) is 0 Å². The first-order valence-corrected chi connectivity index (χ1v) is 4.57. The molecule has 13 heavy (non-hydrogen) atoms. The summed E-state index contributed by atoms with van der Waals surface area (Å²) in [6.07, 6.45) is 2.42. The maximum Gasteiger partial charge on any atom is 0.146 e. The second kappa shape index (κ2) is 3.30. The van der Waals surface area contributed by atoms with Crippen molar-refractivity contribution in [1.29, 1.82) is 0 Å². The van der Waals surface area contributed by atoms with Gasteiger partial charge >= 0.3 is 0 Å². The van der Waals surface area contributed by atoms with Gasteiger partial charge in [-0.05, 0) is 38.6 Å². The fourth-order valence-electron chi connectivity index (χ4n) is 1.81. The first-order chi connectivity index (χ1) is 6.27. The van der Waals surface area contributed by atoms with Crippen molar-refractivity contribution in [3.05, 3.63) is 17.8 Å². The zero-order valence-electron chi connectivity index (χ0n) is 7.77. The van der Waals surface area contributed by atoms with Gasteiger partial charge in [-0.2, -0.15) is 5.10 Å². The van der Waals surface area contributed by atoms with Crippen LogP contribution in [0.3, 0.4) is 0 Å². The summed E-state index contributed by atoms with van der Waals surface area (Å²) in [4.78, 5) is 2.31. The number of aromatic nitrogens is 2. The number of nitrogens with two attached hydrogens (primary N) is 1. The molecule has 1 aromatic rings. The van der Waals surface area contributed by atoms with E-state index in [2.05, 4.69) is 22.1 Å². The van der Waals surface area contributed by atoms with E-state index in [0.29, 0.717) is 11.9 Å². The average Bonchev–Trinajstić information content (AvgIpc) is 2.53. The summed E-state index contributed by atoms with van der Waals surface area (Å²) in [6.45, 7) is 1.15. The van der Waals surface area contributed by atoms with E-state index in [-0.39, 0.29) is 0 Å². The molecule has 2 N–H and O–H groups in total. The zero-order valence-corrected chi connectivity index (χ0v) is 7.77. The first-order valence-electron chi connectivity index (χ1n) is 4.57. The molecule has 1 atom stereocenters. The molecule has 1 aliphatic heterocycles. The quantitative estimate of drug-likeness (QED) is 0.692. The predicted octanol–water partition coefficient (Wildman–Crippen LogP) is 0.825. The second-order valence-corrected chi connectivity index (χ2v) is 3.52. The van der Waals surface area contributed by atoms with Crippen LogP contribution < -0.4 is 5.73 Å². The Morgan fingerprint density at radius 1 is 1.46 bits per heavy atom. The highest BCUT2D eigenvalue weighted by Crippen LogP contribution is 2.28. The van der Waals surface area contributed by atoms with Crippen LogP contribution >= 0.6 is 0 Å². The Hall–Kier alpha value is -1.16. The molecule has 0 bridgehead atoms. The molecule has 1 saturated heterocycles. The lowest BCUT2D eigenvalue weighted by atomic mass is 10.1. The van der Waals surface area contributed by atoms with Crippen molar-refractivity contribution < 1.29 is 0 Å². The fraction of sp³-hybridized carbons (Fsp3) is 0.556. The maximum absolute atomic E-state index is 5.47. The minimum Gasteiger partial charge on any atom is -0.382 e. The number of nitrogen functional groups attached to an aromatic ring is 1.